The van der Waals surface area contributed by atoms with E-state index in [2.05, 4.69) is 15.3 Å². The van der Waals surface area contributed by atoms with Gasteiger partial charge in [-0.1, -0.05) is 29.3 Å². The molecule has 1 N–H and O–H groups in total. The Hall–Kier alpha value is -2.18. The number of carbonyl (C=O) groups is 2. The lowest BCUT2D eigenvalue weighted by molar-refractivity contribution is -0.123. The van der Waals surface area contributed by atoms with Crippen LogP contribution in [0.25, 0.3) is 0 Å². The van der Waals surface area contributed by atoms with E-state index < -0.39 is 0 Å². The molecule has 6 nitrogen and oxygen atoms in total. The molecule has 8 heteroatoms. The fraction of sp³-hybridized carbons (Fsp3) is 0.200. The molecule has 1 aromatic carbocycles. The van der Waals surface area contributed by atoms with Crippen LogP contribution in [0.1, 0.15) is 10.5 Å². The highest BCUT2D eigenvalue weighted by Gasteiger charge is 2.36. The first kappa shape index (κ1) is 15.7. The number of hydrogen-bond donors (Lipinski definition) is 1. The molecule has 0 saturated carbocycles. The second kappa shape index (κ2) is 6.52. The van der Waals surface area contributed by atoms with Crippen LogP contribution in [0, 0.1) is 5.92 Å². The molecule has 0 aliphatic carbocycles. The quantitative estimate of drug-likeness (QED) is 0.922. The number of likely N-dealkylation sites (tertiary alicyclic amines) is 1. The summed E-state index contributed by atoms with van der Waals surface area (Å²) in [5.74, 6) is -0.717. The molecule has 1 aliphatic rings. The minimum absolute atomic E-state index is 0.197. The minimum Gasteiger partial charge on any atom is -0.336 e. The molecular weight excluding hydrogens is 339 g/mol. The number of anilines is 1. The summed E-state index contributed by atoms with van der Waals surface area (Å²) in [5.41, 5.74) is 0.729. The molecule has 1 aromatic heterocycles. The third kappa shape index (κ3) is 3.28. The van der Waals surface area contributed by atoms with E-state index in [1.807, 2.05) is 0 Å². The van der Waals surface area contributed by atoms with E-state index in [0.717, 1.165) is 0 Å². The lowest BCUT2D eigenvalue weighted by atomic mass is 9.98. The summed E-state index contributed by atoms with van der Waals surface area (Å²) in [6, 6.07) is 5.02. The monoisotopic (exact) mass is 350 g/mol. The molecule has 3 rings (SSSR count). The zero-order valence-corrected chi connectivity index (χ0v) is 13.4. The van der Waals surface area contributed by atoms with Crippen LogP contribution in [0.2, 0.25) is 10.0 Å². The number of benzene rings is 1. The molecule has 0 atom stereocenters. The SMILES string of the molecule is O=C(Nc1cccc(Cl)c1Cl)C1CN(C(=O)c2cnccn2)C1. The Morgan fingerprint density at radius 1 is 1.22 bits per heavy atom. The Kier molecular flexibility index (Phi) is 4.45. The Morgan fingerprint density at radius 2 is 2.00 bits per heavy atom. The average molecular weight is 351 g/mol. The van der Waals surface area contributed by atoms with Gasteiger partial charge in [0.1, 0.15) is 5.69 Å². The summed E-state index contributed by atoms with van der Waals surface area (Å²) >= 11 is 11.9. The molecule has 2 heterocycles. The Bertz CT molecular complexity index is 748. The summed E-state index contributed by atoms with van der Waals surface area (Å²) in [5, 5.41) is 3.40. The van der Waals surface area contributed by atoms with Gasteiger partial charge >= 0.3 is 0 Å². The molecule has 118 valence electrons. The summed E-state index contributed by atoms with van der Waals surface area (Å²) < 4.78 is 0. The lowest BCUT2D eigenvalue weighted by Gasteiger charge is -2.37. The van der Waals surface area contributed by atoms with Crippen LogP contribution in [0.15, 0.2) is 36.8 Å². The number of halogens is 2. The molecule has 0 spiro atoms. The van der Waals surface area contributed by atoms with Crippen molar-refractivity contribution in [2.45, 2.75) is 0 Å². The first-order valence-corrected chi connectivity index (χ1v) is 7.62. The van der Waals surface area contributed by atoms with Gasteiger partial charge in [0.15, 0.2) is 0 Å². The molecule has 2 amide bonds. The van der Waals surface area contributed by atoms with E-state index in [1.165, 1.54) is 18.6 Å². The maximum absolute atomic E-state index is 12.2. The fourth-order valence-corrected chi connectivity index (χ4v) is 2.56. The normalized spacial score (nSPS) is 14.3. The van der Waals surface area contributed by atoms with Crippen molar-refractivity contribution in [3.8, 4) is 0 Å². The predicted octanol–water partition coefficient (Wildman–Crippen LogP) is 2.49. The van der Waals surface area contributed by atoms with Crippen LogP contribution < -0.4 is 5.32 Å². The predicted molar refractivity (Wildman–Crippen MR) is 86.5 cm³/mol. The number of hydrogen-bond acceptors (Lipinski definition) is 4. The molecule has 2 aromatic rings. The van der Waals surface area contributed by atoms with Crippen molar-refractivity contribution in [3.05, 3.63) is 52.5 Å². The maximum Gasteiger partial charge on any atom is 0.274 e. The summed E-state index contributed by atoms with van der Waals surface area (Å²) in [6.45, 7) is 0.666. The van der Waals surface area contributed by atoms with Crippen molar-refractivity contribution in [1.82, 2.24) is 14.9 Å². The highest BCUT2D eigenvalue weighted by atomic mass is 35.5. The lowest BCUT2D eigenvalue weighted by Crippen LogP contribution is -2.54. The number of rotatable bonds is 3. The second-order valence-corrected chi connectivity index (χ2v) is 5.87. The van der Waals surface area contributed by atoms with Crippen LogP contribution in [0.3, 0.4) is 0 Å². The van der Waals surface area contributed by atoms with E-state index in [1.54, 1.807) is 23.1 Å². The number of amides is 2. The zero-order chi connectivity index (χ0) is 16.4. The van der Waals surface area contributed by atoms with Gasteiger partial charge in [-0.3, -0.25) is 14.6 Å². The molecular formula is C15H12Cl2N4O2. The van der Waals surface area contributed by atoms with Gasteiger partial charge in [-0.05, 0) is 12.1 Å². The fourth-order valence-electron chi connectivity index (χ4n) is 2.22. The van der Waals surface area contributed by atoms with Crippen molar-refractivity contribution in [2.24, 2.45) is 5.92 Å². The molecule has 1 fully saturated rings. The van der Waals surface area contributed by atoms with Gasteiger partial charge in [-0.15, -0.1) is 0 Å². The second-order valence-electron chi connectivity index (χ2n) is 5.09. The molecule has 23 heavy (non-hydrogen) atoms. The van der Waals surface area contributed by atoms with E-state index in [0.29, 0.717) is 28.8 Å². The molecule has 0 radical (unpaired) electrons. The van der Waals surface area contributed by atoms with E-state index in [4.69, 9.17) is 23.2 Å². The number of carbonyl (C=O) groups excluding carboxylic acids is 2. The Labute approximate surface area is 142 Å². The molecule has 0 bridgehead atoms. The first-order valence-electron chi connectivity index (χ1n) is 6.86. The van der Waals surface area contributed by atoms with Gasteiger partial charge in [0.2, 0.25) is 5.91 Å². The van der Waals surface area contributed by atoms with Crippen LogP contribution >= 0.6 is 23.2 Å². The summed E-state index contributed by atoms with van der Waals surface area (Å²) in [4.78, 5) is 33.7. The van der Waals surface area contributed by atoms with Gasteiger partial charge in [0.05, 0.1) is 27.8 Å². The highest BCUT2D eigenvalue weighted by molar-refractivity contribution is 6.44. The largest absolute Gasteiger partial charge is 0.336 e. The van der Waals surface area contributed by atoms with Crippen LogP contribution in [0.4, 0.5) is 5.69 Å². The highest BCUT2D eigenvalue weighted by Crippen LogP contribution is 2.30. The van der Waals surface area contributed by atoms with Crippen LogP contribution in [-0.2, 0) is 4.79 Å². The van der Waals surface area contributed by atoms with Crippen molar-refractivity contribution < 1.29 is 9.59 Å². The summed E-state index contributed by atoms with van der Waals surface area (Å²) in [7, 11) is 0. The zero-order valence-electron chi connectivity index (χ0n) is 11.9. The van der Waals surface area contributed by atoms with E-state index in [-0.39, 0.29) is 23.4 Å². The Morgan fingerprint density at radius 3 is 2.70 bits per heavy atom. The van der Waals surface area contributed by atoms with E-state index >= 15 is 0 Å². The average Bonchev–Trinajstić information content (AvgIpc) is 2.51. The van der Waals surface area contributed by atoms with Gasteiger partial charge in [-0.2, -0.15) is 0 Å². The third-order valence-electron chi connectivity index (χ3n) is 3.53. The van der Waals surface area contributed by atoms with Crippen molar-refractivity contribution in [2.75, 3.05) is 18.4 Å². The number of aromatic nitrogens is 2. The van der Waals surface area contributed by atoms with Gasteiger partial charge in [0.25, 0.3) is 5.91 Å². The topological polar surface area (TPSA) is 75.2 Å². The Balaban J connectivity index is 1.58. The van der Waals surface area contributed by atoms with Crippen LogP contribution in [0.5, 0.6) is 0 Å². The van der Waals surface area contributed by atoms with Gasteiger partial charge < -0.3 is 10.2 Å². The molecule has 0 unspecified atom stereocenters. The van der Waals surface area contributed by atoms with Crippen molar-refractivity contribution >= 4 is 40.7 Å². The number of nitrogens with one attached hydrogen (secondary N) is 1. The smallest absolute Gasteiger partial charge is 0.274 e. The van der Waals surface area contributed by atoms with Gasteiger partial charge in [-0.25, -0.2) is 4.98 Å². The number of nitrogens with zero attached hydrogens (tertiary/aromatic N) is 3. The van der Waals surface area contributed by atoms with Crippen LogP contribution in [-0.4, -0.2) is 39.8 Å². The molecule has 1 aliphatic heterocycles. The minimum atomic E-state index is -0.286. The summed E-state index contributed by atoms with van der Waals surface area (Å²) in [6.07, 6.45) is 4.36. The van der Waals surface area contributed by atoms with Crippen molar-refractivity contribution in [1.29, 1.82) is 0 Å². The van der Waals surface area contributed by atoms with Crippen molar-refractivity contribution in [3.63, 3.8) is 0 Å². The molecule has 1 saturated heterocycles. The third-order valence-corrected chi connectivity index (χ3v) is 4.35. The maximum atomic E-state index is 12.2. The standard InChI is InChI=1S/C15H12Cl2N4O2/c16-10-2-1-3-11(13(10)17)20-14(22)9-7-21(8-9)15(23)12-6-18-4-5-19-12/h1-6,9H,7-8H2,(H,20,22). The first-order chi connectivity index (χ1) is 11.1. The van der Waals surface area contributed by atoms with E-state index in [9.17, 15) is 9.59 Å². The van der Waals surface area contributed by atoms with Gasteiger partial charge in [0, 0.05) is 25.5 Å².